The lowest BCUT2D eigenvalue weighted by atomic mass is 9.99. The minimum atomic E-state index is -0.667. The number of alkyl halides is 1. The summed E-state index contributed by atoms with van der Waals surface area (Å²) in [5, 5.41) is 4.02. The van der Waals surface area contributed by atoms with Crippen LogP contribution in [0.3, 0.4) is 0 Å². The van der Waals surface area contributed by atoms with Crippen LogP contribution in [0.5, 0.6) is 0 Å². The van der Waals surface area contributed by atoms with Gasteiger partial charge in [-0.3, -0.25) is 0 Å². The molecule has 5 nitrogen and oxygen atoms in total. The van der Waals surface area contributed by atoms with E-state index in [4.69, 9.17) is 21.0 Å². The Hall–Kier alpha value is -1.50. The van der Waals surface area contributed by atoms with E-state index in [1.54, 1.807) is 0 Å². The molecular formula is C14H20FN3O2. The highest BCUT2D eigenvalue weighted by Crippen LogP contribution is 2.22. The molecule has 110 valence electrons. The molecule has 0 bridgehead atoms. The molecule has 0 radical (unpaired) electrons. The Balaban J connectivity index is 2.10. The van der Waals surface area contributed by atoms with Gasteiger partial charge in [-0.2, -0.15) is 0 Å². The molecule has 2 rings (SSSR count). The Morgan fingerprint density at radius 3 is 2.65 bits per heavy atom. The molecule has 1 aliphatic heterocycles. The van der Waals surface area contributed by atoms with Gasteiger partial charge in [-0.25, -0.2) is 4.39 Å². The van der Waals surface area contributed by atoms with Gasteiger partial charge in [-0.1, -0.05) is 29.4 Å². The summed E-state index contributed by atoms with van der Waals surface area (Å²) in [6.07, 6.45) is 0.206. The Morgan fingerprint density at radius 2 is 2.15 bits per heavy atom. The molecule has 0 amide bonds. The first-order chi connectivity index (χ1) is 9.69. The highest BCUT2D eigenvalue weighted by molar-refractivity contribution is 6.01. The van der Waals surface area contributed by atoms with Gasteiger partial charge in [0, 0.05) is 20.1 Å². The number of rotatable bonds is 6. The van der Waals surface area contributed by atoms with Gasteiger partial charge in [0.15, 0.2) is 0 Å². The van der Waals surface area contributed by atoms with Crippen LogP contribution in [0.2, 0.25) is 0 Å². The topological polar surface area (TPSA) is 82.9 Å². The third kappa shape index (κ3) is 3.15. The zero-order chi connectivity index (χ0) is 14.5. The number of hydrogen-bond acceptors (Lipinski definition) is 5. The fraction of sp³-hybridized carbons (Fsp3) is 0.500. The average molecular weight is 281 g/mol. The average Bonchev–Trinajstić information content (AvgIpc) is 2.97. The summed E-state index contributed by atoms with van der Waals surface area (Å²) < 4.78 is 17.9. The molecule has 0 saturated heterocycles. The van der Waals surface area contributed by atoms with Crippen molar-refractivity contribution in [2.45, 2.75) is 24.7 Å². The summed E-state index contributed by atoms with van der Waals surface area (Å²) in [6.45, 7) is -0.179. The third-order valence-corrected chi connectivity index (χ3v) is 3.39. The first kappa shape index (κ1) is 14.9. The number of methoxy groups -OCH3 is 1. The second-order valence-electron chi connectivity index (χ2n) is 4.80. The number of nitrogens with two attached hydrogens (primary N) is 2. The van der Waals surface area contributed by atoms with Gasteiger partial charge < -0.3 is 21.0 Å². The molecule has 1 heterocycles. The van der Waals surface area contributed by atoms with Crippen molar-refractivity contribution in [3.05, 3.63) is 35.4 Å². The van der Waals surface area contributed by atoms with E-state index in [-0.39, 0.29) is 6.10 Å². The largest absolute Gasteiger partial charge is 0.390 e. The van der Waals surface area contributed by atoms with E-state index in [0.29, 0.717) is 13.0 Å². The van der Waals surface area contributed by atoms with Crippen LogP contribution < -0.4 is 11.5 Å². The Bertz CT molecular complexity index is 464. The van der Waals surface area contributed by atoms with Crippen molar-refractivity contribution in [3.8, 4) is 0 Å². The standard InChI is InChI=1S/C14H20FN3O2/c1-19-14(12(17)7-15)10-4-2-9(3-5-10)13-6-11(8-16)20-18-13/h2-5,11-12,14H,6-8,16-17H2,1H3. The molecule has 1 aromatic carbocycles. The van der Waals surface area contributed by atoms with Gasteiger partial charge in [0.1, 0.15) is 12.8 Å². The van der Waals surface area contributed by atoms with E-state index in [2.05, 4.69) is 5.16 Å². The van der Waals surface area contributed by atoms with E-state index < -0.39 is 18.8 Å². The predicted molar refractivity (Wildman–Crippen MR) is 75.2 cm³/mol. The fourth-order valence-electron chi connectivity index (χ4n) is 2.23. The molecule has 0 aromatic heterocycles. The Labute approximate surface area is 117 Å². The quantitative estimate of drug-likeness (QED) is 0.818. The van der Waals surface area contributed by atoms with E-state index >= 15 is 0 Å². The van der Waals surface area contributed by atoms with Gasteiger partial charge in [0.25, 0.3) is 0 Å². The normalized spacial score (nSPS) is 21.2. The lowest BCUT2D eigenvalue weighted by molar-refractivity contribution is 0.0721. The van der Waals surface area contributed by atoms with Crippen LogP contribution in [-0.4, -0.2) is 38.2 Å². The van der Waals surface area contributed by atoms with E-state index in [0.717, 1.165) is 16.8 Å². The molecule has 6 heteroatoms. The fourth-order valence-corrected chi connectivity index (χ4v) is 2.23. The van der Waals surface area contributed by atoms with Crippen molar-refractivity contribution < 1.29 is 14.0 Å². The molecule has 1 aliphatic rings. The van der Waals surface area contributed by atoms with Crippen LogP contribution in [0.25, 0.3) is 0 Å². The van der Waals surface area contributed by atoms with Crippen molar-refractivity contribution in [2.24, 2.45) is 16.6 Å². The zero-order valence-electron chi connectivity index (χ0n) is 11.5. The summed E-state index contributed by atoms with van der Waals surface area (Å²) in [7, 11) is 1.52. The van der Waals surface area contributed by atoms with Crippen molar-refractivity contribution in [2.75, 3.05) is 20.3 Å². The Morgan fingerprint density at radius 1 is 1.45 bits per heavy atom. The number of oxime groups is 1. The summed E-state index contributed by atoms with van der Waals surface area (Å²) in [6, 6.07) is 6.90. The van der Waals surface area contributed by atoms with E-state index in [9.17, 15) is 4.39 Å². The van der Waals surface area contributed by atoms with Crippen LogP contribution in [-0.2, 0) is 9.57 Å². The maximum absolute atomic E-state index is 12.7. The van der Waals surface area contributed by atoms with Crippen LogP contribution in [0.4, 0.5) is 4.39 Å². The van der Waals surface area contributed by atoms with Gasteiger partial charge in [0.2, 0.25) is 0 Å². The third-order valence-electron chi connectivity index (χ3n) is 3.39. The van der Waals surface area contributed by atoms with Crippen molar-refractivity contribution in [1.82, 2.24) is 0 Å². The first-order valence-corrected chi connectivity index (χ1v) is 6.57. The minimum absolute atomic E-state index is 0.0450. The van der Waals surface area contributed by atoms with Gasteiger partial charge in [-0.15, -0.1) is 0 Å². The SMILES string of the molecule is COC(c1ccc(C2=NOC(CN)C2)cc1)C(N)CF. The number of nitrogens with zero attached hydrogens (tertiary/aromatic N) is 1. The molecular weight excluding hydrogens is 261 g/mol. The van der Waals surface area contributed by atoms with Gasteiger partial charge in [0.05, 0.1) is 17.9 Å². The summed E-state index contributed by atoms with van der Waals surface area (Å²) in [5.74, 6) is 0. The summed E-state index contributed by atoms with van der Waals surface area (Å²) in [4.78, 5) is 5.19. The predicted octanol–water partition coefficient (Wildman–Crippen LogP) is 1.12. The highest BCUT2D eigenvalue weighted by Gasteiger charge is 2.22. The number of hydrogen-bond donors (Lipinski definition) is 2. The maximum Gasteiger partial charge on any atom is 0.145 e. The molecule has 20 heavy (non-hydrogen) atoms. The zero-order valence-corrected chi connectivity index (χ0v) is 11.5. The number of ether oxygens (including phenoxy) is 1. The molecule has 0 saturated carbocycles. The highest BCUT2D eigenvalue weighted by atomic mass is 19.1. The van der Waals surface area contributed by atoms with Crippen molar-refractivity contribution in [1.29, 1.82) is 0 Å². The molecule has 0 aliphatic carbocycles. The van der Waals surface area contributed by atoms with E-state index in [1.807, 2.05) is 24.3 Å². The van der Waals surface area contributed by atoms with Crippen LogP contribution >= 0.6 is 0 Å². The second-order valence-corrected chi connectivity index (χ2v) is 4.80. The number of halogens is 1. The molecule has 0 spiro atoms. The molecule has 3 unspecified atom stereocenters. The lowest BCUT2D eigenvalue weighted by Gasteiger charge is -2.20. The monoisotopic (exact) mass is 281 g/mol. The van der Waals surface area contributed by atoms with Crippen molar-refractivity contribution >= 4 is 5.71 Å². The number of benzene rings is 1. The summed E-state index contributed by atoms with van der Waals surface area (Å²) >= 11 is 0. The maximum atomic E-state index is 12.7. The van der Waals surface area contributed by atoms with Crippen molar-refractivity contribution in [3.63, 3.8) is 0 Å². The molecule has 3 atom stereocenters. The second kappa shape index (κ2) is 6.78. The molecule has 0 fully saturated rings. The molecule has 1 aromatic rings. The Kier molecular flexibility index (Phi) is 5.05. The van der Waals surface area contributed by atoms with Crippen LogP contribution in [0, 0.1) is 0 Å². The smallest absolute Gasteiger partial charge is 0.145 e. The molecule has 4 N–H and O–H groups in total. The van der Waals surface area contributed by atoms with Gasteiger partial charge >= 0.3 is 0 Å². The first-order valence-electron chi connectivity index (χ1n) is 6.57. The minimum Gasteiger partial charge on any atom is -0.390 e. The van der Waals surface area contributed by atoms with E-state index in [1.165, 1.54) is 7.11 Å². The lowest BCUT2D eigenvalue weighted by Crippen LogP contribution is -2.31. The summed E-state index contributed by atoms with van der Waals surface area (Å²) in [5.41, 5.74) is 13.9. The van der Waals surface area contributed by atoms with Crippen LogP contribution in [0.15, 0.2) is 29.4 Å². The van der Waals surface area contributed by atoms with Gasteiger partial charge in [-0.05, 0) is 11.1 Å². The van der Waals surface area contributed by atoms with Crippen LogP contribution in [0.1, 0.15) is 23.7 Å².